The Morgan fingerprint density at radius 2 is 1.95 bits per heavy atom. The van der Waals surface area contributed by atoms with E-state index in [9.17, 15) is 9.59 Å². The first-order valence-corrected chi connectivity index (χ1v) is 6.51. The number of carbonyl (C=O) groups excluding carboxylic acids is 2. The quantitative estimate of drug-likeness (QED) is 0.796. The molecule has 1 aliphatic heterocycles. The van der Waals surface area contributed by atoms with Gasteiger partial charge in [0.15, 0.2) is 0 Å². The maximum Gasteiger partial charge on any atom is 0.434 e. The van der Waals surface area contributed by atoms with Crippen LogP contribution in [0, 0.1) is 0 Å². The van der Waals surface area contributed by atoms with Crippen LogP contribution >= 0.6 is 0 Å². The number of ether oxygens (including phenoxy) is 2. The largest absolute Gasteiger partial charge is 0.497 e. The molecule has 0 aliphatic carbocycles. The Hall–Kier alpha value is -2.37. The maximum absolute atomic E-state index is 12.2. The molecule has 21 heavy (non-hydrogen) atoms. The highest BCUT2D eigenvalue weighted by molar-refractivity contribution is 6.55. The highest BCUT2D eigenvalue weighted by Crippen LogP contribution is 2.31. The molecular weight excluding hydrogens is 272 g/mol. The molecule has 1 aliphatic rings. The molecular formula is C15H18N2O4. The summed E-state index contributed by atoms with van der Waals surface area (Å²) in [5, 5.41) is 0. The fourth-order valence-electron chi connectivity index (χ4n) is 1.99. The van der Waals surface area contributed by atoms with Gasteiger partial charge in [-0.15, -0.1) is 0 Å². The number of hydrogen-bond donors (Lipinski definition) is 0. The van der Waals surface area contributed by atoms with Crippen LogP contribution in [0.5, 0.6) is 5.75 Å². The molecule has 0 aromatic heterocycles. The summed E-state index contributed by atoms with van der Waals surface area (Å²) in [6.07, 6.45) is -0.782. The van der Waals surface area contributed by atoms with Crippen LogP contribution in [0.25, 0.3) is 0 Å². The molecule has 6 heteroatoms. The van der Waals surface area contributed by atoms with E-state index in [1.165, 1.54) is 12.0 Å². The topological polar surface area (TPSA) is 68.2 Å². The zero-order valence-corrected chi connectivity index (χ0v) is 12.8. The van der Waals surface area contributed by atoms with Crippen LogP contribution < -0.4 is 9.64 Å². The first kappa shape index (κ1) is 15.0. The van der Waals surface area contributed by atoms with Gasteiger partial charge in [0.25, 0.3) is 5.91 Å². The average Bonchev–Trinajstić information content (AvgIpc) is 2.61. The predicted octanol–water partition coefficient (Wildman–Crippen LogP) is 2.40. The van der Waals surface area contributed by atoms with Crippen LogP contribution in [0.15, 0.2) is 23.2 Å². The van der Waals surface area contributed by atoms with Gasteiger partial charge >= 0.3 is 6.09 Å². The lowest BCUT2D eigenvalue weighted by Gasteiger charge is -2.17. The molecule has 0 unspecified atom stereocenters. The summed E-state index contributed by atoms with van der Waals surface area (Å²) in [6.45, 7) is 5.22. The number of rotatable bonds is 1. The SMILES string of the molecule is COc1ccc2c(c1)/C(=N/C(=O)OC(C)(C)C)C(=O)N2C. The number of hydrogen-bond acceptors (Lipinski definition) is 4. The zero-order chi connectivity index (χ0) is 15.8. The van der Waals surface area contributed by atoms with E-state index in [1.54, 1.807) is 46.0 Å². The fraction of sp³-hybridized carbons (Fsp3) is 0.400. The minimum atomic E-state index is -0.782. The van der Waals surface area contributed by atoms with Crippen LogP contribution in [0.2, 0.25) is 0 Å². The average molecular weight is 290 g/mol. The van der Waals surface area contributed by atoms with Crippen molar-refractivity contribution < 1.29 is 19.1 Å². The van der Waals surface area contributed by atoms with Gasteiger partial charge in [-0.05, 0) is 39.0 Å². The third-order valence-electron chi connectivity index (χ3n) is 2.92. The number of amides is 2. The standard InChI is InChI=1S/C15H18N2O4/c1-15(2,3)21-14(19)16-12-10-8-9(20-5)6-7-11(10)17(4)13(12)18/h6-8H,1-5H3/b16-12-. The van der Waals surface area contributed by atoms with Gasteiger partial charge in [0.2, 0.25) is 0 Å². The zero-order valence-electron chi connectivity index (χ0n) is 12.8. The normalized spacial score (nSPS) is 16.1. The van der Waals surface area contributed by atoms with Crippen molar-refractivity contribution in [2.45, 2.75) is 26.4 Å². The van der Waals surface area contributed by atoms with E-state index >= 15 is 0 Å². The van der Waals surface area contributed by atoms with Gasteiger partial charge in [0.1, 0.15) is 17.1 Å². The molecule has 6 nitrogen and oxygen atoms in total. The van der Waals surface area contributed by atoms with Gasteiger partial charge < -0.3 is 14.4 Å². The number of fused-ring (bicyclic) bond motifs is 1. The van der Waals surface area contributed by atoms with Crippen molar-refractivity contribution in [3.05, 3.63) is 23.8 Å². The Morgan fingerprint density at radius 3 is 2.52 bits per heavy atom. The Kier molecular flexibility index (Phi) is 3.72. The van der Waals surface area contributed by atoms with Gasteiger partial charge in [-0.1, -0.05) is 0 Å². The maximum atomic E-state index is 12.2. The van der Waals surface area contributed by atoms with Crippen LogP contribution in [0.4, 0.5) is 10.5 Å². The number of aliphatic imine (C=N–C) groups is 1. The number of nitrogens with zero attached hydrogens (tertiary/aromatic N) is 2. The molecule has 0 spiro atoms. The smallest absolute Gasteiger partial charge is 0.434 e. The third kappa shape index (κ3) is 3.04. The lowest BCUT2D eigenvalue weighted by atomic mass is 10.1. The number of methoxy groups -OCH3 is 1. The van der Waals surface area contributed by atoms with E-state index < -0.39 is 11.7 Å². The summed E-state index contributed by atoms with van der Waals surface area (Å²) >= 11 is 0. The number of benzene rings is 1. The van der Waals surface area contributed by atoms with E-state index in [0.717, 1.165) is 0 Å². The molecule has 0 saturated carbocycles. The van der Waals surface area contributed by atoms with Crippen molar-refractivity contribution in [3.8, 4) is 5.75 Å². The summed E-state index contributed by atoms with van der Waals surface area (Å²) < 4.78 is 10.3. The van der Waals surface area contributed by atoms with Gasteiger partial charge in [0.05, 0.1) is 12.8 Å². The molecule has 0 bridgehead atoms. The molecule has 1 heterocycles. The van der Waals surface area contributed by atoms with Gasteiger partial charge in [-0.2, -0.15) is 4.99 Å². The minimum Gasteiger partial charge on any atom is -0.497 e. The van der Waals surface area contributed by atoms with E-state index in [-0.39, 0.29) is 11.6 Å². The molecule has 0 N–H and O–H groups in total. The minimum absolute atomic E-state index is 0.0700. The first-order chi connectivity index (χ1) is 9.73. The summed E-state index contributed by atoms with van der Waals surface area (Å²) in [6, 6.07) is 5.18. The lowest BCUT2D eigenvalue weighted by molar-refractivity contribution is -0.112. The number of anilines is 1. The third-order valence-corrected chi connectivity index (χ3v) is 2.92. The summed E-state index contributed by atoms with van der Waals surface area (Å²) in [7, 11) is 3.16. The molecule has 1 aromatic carbocycles. The van der Waals surface area contributed by atoms with Crippen LogP contribution in [-0.2, 0) is 9.53 Å². The van der Waals surface area contributed by atoms with Crippen molar-refractivity contribution >= 4 is 23.4 Å². The van der Waals surface area contributed by atoms with E-state index in [1.807, 2.05) is 0 Å². The Morgan fingerprint density at radius 1 is 1.29 bits per heavy atom. The van der Waals surface area contributed by atoms with Crippen molar-refractivity contribution in [2.75, 3.05) is 19.1 Å². The highest BCUT2D eigenvalue weighted by Gasteiger charge is 2.33. The second-order valence-corrected chi connectivity index (χ2v) is 5.69. The van der Waals surface area contributed by atoms with Crippen molar-refractivity contribution in [1.29, 1.82) is 0 Å². The van der Waals surface area contributed by atoms with E-state index in [0.29, 0.717) is 17.0 Å². The molecule has 0 fully saturated rings. The van der Waals surface area contributed by atoms with E-state index in [4.69, 9.17) is 9.47 Å². The van der Waals surface area contributed by atoms with Crippen molar-refractivity contribution in [1.82, 2.24) is 0 Å². The molecule has 0 saturated heterocycles. The van der Waals surface area contributed by atoms with Crippen molar-refractivity contribution in [2.24, 2.45) is 4.99 Å². The molecule has 2 rings (SSSR count). The molecule has 112 valence electrons. The van der Waals surface area contributed by atoms with Crippen LogP contribution in [-0.4, -0.2) is 37.5 Å². The van der Waals surface area contributed by atoms with Crippen LogP contribution in [0.1, 0.15) is 26.3 Å². The van der Waals surface area contributed by atoms with Crippen LogP contribution in [0.3, 0.4) is 0 Å². The molecule has 0 radical (unpaired) electrons. The first-order valence-electron chi connectivity index (χ1n) is 6.51. The summed E-state index contributed by atoms with van der Waals surface area (Å²) in [4.78, 5) is 29.3. The predicted molar refractivity (Wildman–Crippen MR) is 79.2 cm³/mol. The second kappa shape index (κ2) is 5.20. The highest BCUT2D eigenvalue weighted by atomic mass is 16.6. The number of likely N-dealkylation sites (N-methyl/N-ethyl adjacent to an activating group) is 1. The molecule has 2 amide bonds. The van der Waals surface area contributed by atoms with E-state index in [2.05, 4.69) is 4.99 Å². The Bertz CT molecular complexity index is 629. The monoisotopic (exact) mass is 290 g/mol. The Balaban J connectivity index is 2.42. The van der Waals surface area contributed by atoms with Crippen molar-refractivity contribution in [3.63, 3.8) is 0 Å². The second-order valence-electron chi connectivity index (χ2n) is 5.69. The van der Waals surface area contributed by atoms with Gasteiger partial charge in [-0.3, -0.25) is 4.79 Å². The lowest BCUT2D eigenvalue weighted by Crippen LogP contribution is -2.27. The summed E-state index contributed by atoms with van der Waals surface area (Å²) in [5.74, 6) is 0.248. The van der Waals surface area contributed by atoms with Gasteiger partial charge in [-0.25, -0.2) is 4.79 Å². The number of carbonyl (C=O) groups is 2. The Labute approximate surface area is 123 Å². The summed E-state index contributed by atoms with van der Waals surface area (Å²) in [5.41, 5.74) is 0.655. The fourth-order valence-corrected chi connectivity index (χ4v) is 1.99. The molecule has 1 aromatic rings. The molecule has 0 atom stereocenters. The van der Waals surface area contributed by atoms with Gasteiger partial charge in [0, 0.05) is 12.6 Å².